The second-order valence-corrected chi connectivity index (χ2v) is 5.98. The van der Waals surface area contributed by atoms with Crippen LogP contribution < -0.4 is 4.90 Å². The van der Waals surface area contributed by atoms with Gasteiger partial charge in [0.15, 0.2) is 5.69 Å². The van der Waals surface area contributed by atoms with Crippen LogP contribution in [-0.2, 0) is 6.18 Å². The summed E-state index contributed by atoms with van der Waals surface area (Å²) in [6, 6.07) is 4.68. The third-order valence-electron chi connectivity index (χ3n) is 4.09. The summed E-state index contributed by atoms with van der Waals surface area (Å²) in [4.78, 5) is 9.24. The smallest absolute Gasteiger partial charge is 0.374 e. The number of pyridine rings is 2. The molecule has 1 fully saturated rings. The molecular formula is C17H18F3N3O. The average Bonchev–Trinajstić information content (AvgIpc) is 2.54. The summed E-state index contributed by atoms with van der Waals surface area (Å²) in [5, 5.41) is 10.1. The standard InChI is InChI=1S/C17H18F3N3O/c1-11-8-12(10-21-9-11)13-5-6-14(16(22-13)17(18,19)20)23-7-3-2-4-15(23)24/h5-6,8-10,15,24H,2-4,7H2,1H3. The molecule has 0 saturated carbocycles. The number of aliphatic hydroxyl groups excluding tert-OH is 1. The molecule has 24 heavy (non-hydrogen) atoms. The van der Waals surface area contributed by atoms with E-state index in [1.807, 2.05) is 6.92 Å². The van der Waals surface area contributed by atoms with E-state index in [9.17, 15) is 18.3 Å². The summed E-state index contributed by atoms with van der Waals surface area (Å²) in [6.45, 7) is 2.21. The molecule has 1 aliphatic heterocycles. The van der Waals surface area contributed by atoms with Crippen molar-refractivity contribution in [2.24, 2.45) is 0 Å². The third kappa shape index (κ3) is 3.36. The average molecular weight is 337 g/mol. The van der Waals surface area contributed by atoms with Crippen LogP contribution in [-0.4, -0.2) is 27.8 Å². The van der Waals surface area contributed by atoms with Crippen molar-refractivity contribution >= 4 is 5.69 Å². The van der Waals surface area contributed by atoms with Gasteiger partial charge in [-0.25, -0.2) is 4.98 Å². The van der Waals surface area contributed by atoms with Crippen molar-refractivity contribution in [3.05, 3.63) is 41.9 Å². The molecule has 1 unspecified atom stereocenters. The van der Waals surface area contributed by atoms with E-state index in [0.717, 1.165) is 18.4 Å². The lowest BCUT2D eigenvalue weighted by Gasteiger charge is -2.35. The molecule has 128 valence electrons. The van der Waals surface area contributed by atoms with Crippen LogP contribution in [0.4, 0.5) is 18.9 Å². The van der Waals surface area contributed by atoms with Crippen LogP contribution in [0.25, 0.3) is 11.3 Å². The second-order valence-electron chi connectivity index (χ2n) is 5.98. The van der Waals surface area contributed by atoms with Gasteiger partial charge in [-0.2, -0.15) is 13.2 Å². The Bertz CT molecular complexity index is 733. The normalized spacial score (nSPS) is 18.7. The van der Waals surface area contributed by atoms with E-state index in [1.54, 1.807) is 18.3 Å². The number of aromatic nitrogens is 2. The molecule has 1 aliphatic rings. The van der Waals surface area contributed by atoms with E-state index in [0.29, 0.717) is 18.5 Å². The molecule has 0 aromatic carbocycles. The highest BCUT2D eigenvalue weighted by Gasteiger charge is 2.38. The number of rotatable bonds is 2. The first kappa shape index (κ1) is 16.7. The predicted molar refractivity (Wildman–Crippen MR) is 84.4 cm³/mol. The van der Waals surface area contributed by atoms with Gasteiger partial charge in [-0.1, -0.05) is 0 Å². The Hall–Kier alpha value is -2.15. The Morgan fingerprint density at radius 2 is 2.00 bits per heavy atom. The van der Waals surface area contributed by atoms with Crippen molar-refractivity contribution in [1.29, 1.82) is 0 Å². The van der Waals surface area contributed by atoms with Gasteiger partial charge in [-0.15, -0.1) is 0 Å². The Kier molecular flexibility index (Phi) is 4.45. The monoisotopic (exact) mass is 337 g/mol. The molecule has 7 heteroatoms. The Morgan fingerprint density at radius 1 is 1.21 bits per heavy atom. The van der Waals surface area contributed by atoms with Crippen molar-refractivity contribution in [2.75, 3.05) is 11.4 Å². The maximum Gasteiger partial charge on any atom is 0.435 e. The van der Waals surface area contributed by atoms with E-state index in [-0.39, 0.29) is 11.4 Å². The molecule has 1 N–H and O–H groups in total. The lowest BCUT2D eigenvalue weighted by Crippen LogP contribution is -2.40. The molecule has 3 heterocycles. The van der Waals surface area contributed by atoms with Crippen LogP contribution in [0.2, 0.25) is 0 Å². The van der Waals surface area contributed by atoms with Gasteiger partial charge in [0.1, 0.15) is 6.23 Å². The molecule has 0 radical (unpaired) electrons. The van der Waals surface area contributed by atoms with Crippen molar-refractivity contribution in [3.8, 4) is 11.3 Å². The zero-order valence-corrected chi connectivity index (χ0v) is 13.2. The highest BCUT2D eigenvalue weighted by Crippen LogP contribution is 2.38. The fraction of sp³-hybridized carbons (Fsp3) is 0.412. The van der Waals surface area contributed by atoms with Crippen molar-refractivity contribution in [3.63, 3.8) is 0 Å². The van der Waals surface area contributed by atoms with Crippen LogP contribution in [0, 0.1) is 6.92 Å². The van der Waals surface area contributed by atoms with Gasteiger partial charge in [0.2, 0.25) is 0 Å². The second kappa shape index (κ2) is 6.39. The number of aryl methyl sites for hydroxylation is 1. The number of hydrogen-bond acceptors (Lipinski definition) is 4. The van der Waals surface area contributed by atoms with Crippen LogP contribution in [0.1, 0.15) is 30.5 Å². The summed E-state index contributed by atoms with van der Waals surface area (Å²) in [6.07, 6.45) is -0.372. The summed E-state index contributed by atoms with van der Waals surface area (Å²) >= 11 is 0. The number of nitrogens with zero attached hydrogens (tertiary/aromatic N) is 3. The lowest BCUT2D eigenvalue weighted by molar-refractivity contribution is -0.140. The van der Waals surface area contributed by atoms with Crippen molar-refractivity contribution in [1.82, 2.24) is 9.97 Å². The maximum atomic E-state index is 13.5. The van der Waals surface area contributed by atoms with E-state index < -0.39 is 18.1 Å². The van der Waals surface area contributed by atoms with Crippen LogP contribution >= 0.6 is 0 Å². The van der Waals surface area contributed by atoms with E-state index in [1.165, 1.54) is 17.2 Å². The van der Waals surface area contributed by atoms with Gasteiger partial charge in [0.05, 0.1) is 11.4 Å². The van der Waals surface area contributed by atoms with Gasteiger partial charge in [-0.3, -0.25) is 4.98 Å². The highest BCUT2D eigenvalue weighted by atomic mass is 19.4. The van der Waals surface area contributed by atoms with Gasteiger partial charge >= 0.3 is 6.18 Å². The van der Waals surface area contributed by atoms with E-state index >= 15 is 0 Å². The summed E-state index contributed by atoms with van der Waals surface area (Å²) in [5.41, 5.74) is 0.555. The first-order valence-electron chi connectivity index (χ1n) is 7.81. The number of hydrogen-bond donors (Lipinski definition) is 1. The van der Waals surface area contributed by atoms with Gasteiger partial charge < -0.3 is 10.0 Å². The van der Waals surface area contributed by atoms with Crippen LogP contribution in [0.5, 0.6) is 0 Å². The highest BCUT2D eigenvalue weighted by molar-refractivity contribution is 5.64. The largest absolute Gasteiger partial charge is 0.435 e. The number of halogens is 3. The van der Waals surface area contributed by atoms with E-state index in [4.69, 9.17) is 0 Å². The fourth-order valence-electron chi connectivity index (χ4n) is 2.94. The quantitative estimate of drug-likeness (QED) is 0.906. The zero-order valence-electron chi connectivity index (χ0n) is 13.2. The Balaban J connectivity index is 2.07. The predicted octanol–water partition coefficient (Wildman–Crippen LogP) is 3.78. The van der Waals surface area contributed by atoms with Gasteiger partial charge in [0, 0.05) is 24.5 Å². The molecule has 0 bridgehead atoms. The summed E-state index contributed by atoms with van der Waals surface area (Å²) in [5.74, 6) is 0. The minimum atomic E-state index is -4.60. The number of aliphatic hydroxyl groups is 1. The van der Waals surface area contributed by atoms with Crippen molar-refractivity contribution in [2.45, 2.75) is 38.6 Å². The molecule has 0 spiro atoms. The summed E-state index contributed by atoms with van der Waals surface area (Å²) in [7, 11) is 0. The molecule has 0 amide bonds. The minimum absolute atomic E-state index is 0.0703. The third-order valence-corrected chi connectivity index (χ3v) is 4.09. The molecule has 2 aromatic heterocycles. The van der Waals surface area contributed by atoms with Gasteiger partial charge in [0.25, 0.3) is 0 Å². The number of anilines is 1. The molecule has 4 nitrogen and oxygen atoms in total. The summed E-state index contributed by atoms with van der Waals surface area (Å²) < 4.78 is 40.6. The molecule has 3 rings (SSSR count). The van der Waals surface area contributed by atoms with Crippen molar-refractivity contribution < 1.29 is 18.3 Å². The SMILES string of the molecule is Cc1cncc(-c2ccc(N3CCCCC3O)c(C(F)(F)F)n2)c1. The molecule has 1 saturated heterocycles. The van der Waals surface area contributed by atoms with E-state index in [2.05, 4.69) is 9.97 Å². The Labute approximate surface area is 138 Å². The first-order valence-corrected chi connectivity index (χ1v) is 7.81. The maximum absolute atomic E-state index is 13.5. The molecular weight excluding hydrogens is 319 g/mol. The number of alkyl halides is 3. The Morgan fingerprint density at radius 3 is 2.67 bits per heavy atom. The number of piperidine rings is 1. The van der Waals surface area contributed by atoms with Crippen LogP contribution in [0.15, 0.2) is 30.6 Å². The topological polar surface area (TPSA) is 49.2 Å². The zero-order chi connectivity index (χ0) is 17.3. The van der Waals surface area contributed by atoms with Gasteiger partial charge in [-0.05, 0) is 49.9 Å². The minimum Gasteiger partial charge on any atom is -0.374 e. The van der Waals surface area contributed by atoms with Crippen LogP contribution in [0.3, 0.4) is 0 Å². The molecule has 1 atom stereocenters. The fourth-order valence-corrected chi connectivity index (χ4v) is 2.94. The lowest BCUT2D eigenvalue weighted by atomic mass is 10.1. The molecule has 0 aliphatic carbocycles. The first-order chi connectivity index (χ1) is 11.4. The molecule has 2 aromatic rings.